The first-order valence-corrected chi connectivity index (χ1v) is 20.4. The second-order valence-corrected chi connectivity index (χ2v) is 18.6. The second-order valence-electron chi connectivity index (χ2n) is 13.9. The molecular weight excluding hydrogens is 601 g/mol. The van der Waals surface area contributed by atoms with Crippen molar-refractivity contribution in [3.05, 3.63) is 93.5 Å². The Kier molecular flexibility index (Phi) is 9.89. The molecule has 2 atom stereocenters. The lowest BCUT2D eigenvalue weighted by Crippen LogP contribution is -2.41. The summed E-state index contributed by atoms with van der Waals surface area (Å²) in [4.78, 5) is 14.5. The Hall–Kier alpha value is -3.51. The second kappa shape index (κ2) is 13.9. The molecule has 8 heteroatoms. The van der Waals surface area contributed by atoms with E-state index >= 15 is 0 Å². The van der Waals surface area contributed by atoms with Crippen molar-refractivity contribution in [1.29, 1.82) is 5.26 Å². The van der Waals surface area contributed by atoms with E-state index in [1.165, 1.54) is 0 Å². The Morgan fingerprint density at radius 1 is 0.979 bits per heavy atom. The third-order valence-corrected chi connectivity index (χ3v) is 15.8. The zero-order valence-corrected chi connectivity index (χ0v) is 29.8. The van der Waals surface area contributed by atoms with Gasteiger partial charge in [-0.2, -0.15) is 10.4 Å². The van der Waals surface area contributed by atoms with Gasteiger partial charge in [-0.1, -0.05) is 76.6 Å². The van der Waals surface area contributed by atoms with Crippen LogP contribution in [0.4, 0.5) is 0 Å². The highest BCUT2D eigenvalue weighted by molar-refractivity contribution is 6.73. The normalized spacial score (nSPS) is 22.8. The van der Waals surface area contributed by atoms with Crippen LogP contribution in [-0.2, 0) is 22.0 Å². The van der Waals surface area contributed by atoms with E-state index in [9.17, 15) is 10.1 Å². The molecule has 2 aromatic heterocycles. The molecule has 47 heavy (non-hydrogen) atoms. The van der Waals surface area contributed by atoms with Gasteiger partial charge in [-0.3, -0.25) is 9.36 Å². The van der Waals surface area contributed by atoms with Crippen LogP contribution in [0.25, 0.3) is 16.8 Å². The van der Waals surface area contributed by atoms with Crippen LogP contribution in [0.1, 0.15) is 102 Å². The predicted molar refractivity (Wildman–Crippen MR) is 190 cm³/mol. The van der Waals surface area contributed by atoms with E-state index in [-0.39, 0.29) is 29.4 Å². The zero-order valence-electron chi connectivity index (χ0n) is 28.8. The minimum absolute atomic E-state index is 0.105. The van der Waals surface area contributed by atoms with Crippen molar-refractivity contribution < 1.29 is 9.16 Å². The Morgan fingerprint density at radius 3 is 2.34 bits per heavy atom. The van der Waals surface area contributed by atoms with Gasteiger partial charge >= 0.3 is 0 Å². The molecule has 6 rings (SSSR count). The molecule has 2 unspecified atom stereocenters. The Labute approximate surface area is 280 Å². The maximum atomic E-state index is 14.5. The predicted octanol–water partition coefficient (Wildman–Crippen LogP) is 8.63. The molecule has 7 nitrogen and oxygen atoms in total. The standard InChI is InChI=1S/C39H50N4O3Si/c1-6-12-35-34(25-28-15-17-29(18-16-28)33-14-11-10-13-30(33)27-40)38(44)42(37-23-24-41-43(35)37)31-19-21-32(22-20-31)45-36-26-39(36,5)46-47(7-2,8-3)9-4/h10-11,13-18,23-24,31-32,36H,6-9,12,19-22,25-26H2,1-5H3. The quantitative estimate of drug-likeness (QED) is 0.135. The molecule has 0 aliphatic heterocycles. The lowest BCUT2D eigenvalue weighted by Gasteiger charge is -2.34. The first kappa shape index (κ1) is 33.4. The van der Waals surface area contributed by atoms with Crippen LogP contribution in [0, 0.1) is 11.3 Å². The van der Waals surface area contributed by atoms with Gasteiger partial charge in [-0.25, -0.2) is 4.52 Å². The number of aromatic nitrogens is 3. The van der Waals surface area contributed by atoms with Crippen molar-refractivity contribution in [1.82, 2.24) is 14.2 Å². The van der Waals surface area contributed by atoms with Gasteiger partial charge in [0.15, 0.2) is 8.32 Å². The highest BCUT2D eigenvalue weighted by Crippen LogP contribution is 2.48. The van der Waals surface area contributed by atoms with Gasteiger partial charge in [0.05, 0.1) is 41.3 Å². The number of nitrogens with zero attached hydrogens (tertiary/aromatic N) is 4. The molecular formula is C39H50N4O3Si. The summed E-state index contributed by atoms with van der Waals surface area (Å²) >= 11 is 0. The Bertz CT molecular complexity index is 1790. The number of hydrogen-bond acceptors (Lipinski definition) is 5. The molecule has 2 aromatic carbocycles. The van der Waals surface area contributed by atoms with E-state index in [0.29, 0.717) is 12.0 Å². The van der Waals surface area contributed by atoms with Gasteiger partial charge in [-0.15, -0.1) is 0 Å². The highest BCUT2D eigenvalue weighted by atomic mass is 28.4. The van der Waals surface area contributed by atoms with Crippen LogP contribution >= 0.6 is 0 Å². The molecule has 0 spiro atoms. The molecule has 0 amide bonds. The van der Waals surface area contributed by atoms with Crippen LogP contribution in [0.2, 0.25) is 18.1 Å². The van der Waals surface area contributed by atoms with Crippen LogP contribution in [0.5, 0.6) is 0 Å². The van der Waals surface area contributed by atoms with Crippen LogP contribution in [0.15, 0.2) is 65.6 Å². The first-order valence-electron chi connectivity index (χ1n) is 17.8. The number of benzene rings is 2. The summed E-state index contributed by atoms with van der Waals surface area (Å²) < 4.78 is 17.6. The molecule has 248 valence electrons. The van der Waals surface area contributed by atoms with Crippen molar-refractivity contribution in [2.45, 2.75) is 128 Å². The molecule has 2 saturated carbocycles. The zero-order chi connectivity index (χ0) is 33.2. The fourth-order valence-corrected chi connectivity index (χ4v) is 10.9. The molecule has 2 fully saturated rings. The van der Waals surface area contributed by atoms with Gasteiger partial charge < -0.3 is 9.16 Å². The van der Waals surface area contributed by atoms with Crippen molar-refractivity contribution in [3.63, 3.8) is 0 Å². The third-order valence-electron chi connectivity index (χ3n) is 11.0. The topological polar surface area (TPSA) is 81.5 Å². The average Bonchev–Trinajstić information content (AvgIpc) is 3.46. The molecule has 4 aromatic rings. The summed E-state index contributed by atoms with van der Waals surface area (Å²) in [5, 5.41) is 14.3. The number of ether oxygens (including phenoxy) is 1. The fourth-order valence-electron chi connectivity index (χ4n) is 7.79. The molecule has 2 aliphatic carbocycles. The summed E-state index contributed by atoms with van der Waals surface area (Å²) in [6, 6.07) is 23.8. The van der Waals surface area contributed by atoms with Crippen molar-refractivity contribution in [2.24, 2.45) is 0 Å². The molecule has 0 bridgehead atoms. The third kappa shape index (κ3) is 6.63. The Balaban J connectivity index is 1.21. The number of nitriles is 1. The van der Waals surface area contributed by atoms with E-state index in [1.54, 1.807) is 0 Å². The minimum Gasteiger partial charge on any atom is -0.409 e. The lowest BCUT2D eigenvalue weighted by atomic mass is 9.92. The SMILES string of the molecule is CCCc1c(Cc2ccc(-c3ccccc3C#N)cc2)c(=O)n(C2CCC(OC3CC3(C)O[Si](CC)(CC)CC)CC2)c2ccnn12. The lowest BCUT2D eigenvalue weighted by molar-refractivity contribution is -0.0240. The van der Waals surface area contributed by atoms with Gasteiger partial charge in [-0.05, 0) is 79.9 Å². The monoisotopic (exact) mass is 650 g/mol. The van der Waals surface area contributed by atoms with Gasteiger partial charge in [0.2, 0.25) is 0 Å². The van der Waals surface area contributed by atoms with E-state index in [2.05, 4.69) is 65.0 Å². The van der Waals surface area contributed by atoms with Gasteiger partial charge in [0, 0.05) is 30.5 Å². The molecule has 2 aliphatic rings. The molecule has 0 N–H and O–H groups in total. The van der Waals surface area contributed by atoms with Gasteiger partial charge in [0.25, 0.3) is 5.56 Å². The minimum atomic E-state index is -1.68. The summed E-state index contributed by atoms with van der Waals surface area (Å²) in [6.07, 6.45) is 9.18. The summed E-state index contributed by atoms with van der Waals surface area (Å²) in [5.74, 6) is 0. The number of hydrogen-bond donors (Lipinski definition) is 0. The van der Waals surface area contributed by atoms with E-state index in [4.69, 9.17) is 14.3 Å². The number of rotatable bonds is 13. The van der Waals surface area contributed by atoms with Crippen molar-refractivity contribution in [2.75, 3.05) is 0 Å². The fraction of sp³-hybridized carbons (Fsp3) is 0.513. The smallest absolute Gasteiger partial charge is 0.257 e. The maximum Gasteiger partial charge on any atom is 0.257 e. The molecule has 0 radical (unpaired) electrons. The molecule has 0 saturated heterocycles. The van der Waals surface area contributed by atoms with Crippen molar-refractivity contribution >= 4 is 14.0 Å². The summed E-state index contributed by atoms with van der Waals surface area (Å²) in [6.45, 7) is 11.3. The van der Waals surface area contributed by atoms with E-state index < -0.39 is 8.32 Å². The number of fused-ring (bicyclic) bond motifs is 1. The van der Waals surface area contributed by atoms with Crippen LogP contribution in [0.3, 0.4) is 0 Å². The average molecular weight is 651 g/mol. The van der Waals surface area contributed by atoms with E-state index in [1.807, 2.05) is 45.6 Å². The van der Waals surface area contributed by atoms with E-state index in [0.717, 1.165) is 96.7 Å². The first-order chi connectivity index (χ1) is 22.8. The Morgan fingerprint density at radius 2 is 1.68 bits per heavy atom. The number of aryl methyl sites for hydroxylation is 1. The highest BCUT2D eigenvalue weighted by Gasteiger charge is 2.56. The summed E-state index contributed by atoms with van der Waals surface area (Å²) in [7, 11) is -1.68. The van der Waals surface area contributed by atoms with Crippen LogP contribution < -0.4 is 5.56 Å². The van der Waals surface area contributed by atoms with Crippen LogP contribution in [-0.4, -0.2) is 40.3 Å². The van der Waals surface area contributed by atoms with Crippen molar-refractivity contribution in [3.8, 4) is 17.2 Å². The summed E-state index contributed by atoms with van der Waals surface area (Å²) in [5.41, 5.74) is 6.34. The largest absolute Gasteiger partial charge is 0.409 e. The van der Waals surface area contributed by atoms with Gasteiger partial charge in [0.1, 0.15) is 5.65 Å². The maximum absolute atomic E-state index is 14.5. The molecule has 2 heterocycles.